The van der Waals surface area contributed by atoms with Crippen molar-refractivity contribution in [3.8, 4) is 17.0 Å². The van der Waals surface area contributed by atoms with Gasteiger partial charge in [-0.1, -0.05) is 17.3 Å². The Morgan fingerprint density at radius 1 is 1.27 bits per heavy atom. The van der Waals surface area contributed by atoms with Gasteiger partial charge in [-0.15, -0.1) is 0 Å². The summed E-state index contributed by atoms with van der Waals surface area (Å²) in [7, 11) is 0. The number of imidazole rings is 1. The van der Waals surface area contributed by atoms with Crippen LogP contribution in [0.3, 0.4) is 0 Å². The van der Waals surface area contributed by atoms with Crippen molar-refractivity contribution in [3.63, 3.8) is 0 Å². The monoisotopic (exact) mass is 296 g/mol. The minimum atomic E-state index is -0.580. The SMILES string of the molecule is O=C1c2nonc2CCC1Oc1ccccc1-c1cnc[nH]1. The lowest BCUT2D eigenvalue weighted by molar-refractivity contribution is 0.0754. The summed E-state index contributed by atoms with van der Waals surface area (Å²) in [6.45, 7) is 0. The van der Waals surface area contributed by atoms with E-state index in [2.05, 4.69) is 24.9 Å². The highest BCUT2D eigenvalue weighted by molar-refractivity contribution is 5.99. The van der Waals surface area contributed by atoms with E-state index in [1.54, 1.807) is 12.5 Å². The Morgan fingerprint density at radius 2 is 2.18 bits per heavy atom. The zero-order chi connectivity index (χ0) is 14.9. The number of ether oxygens (including phenoxy) is 1. The maximum atomic E-state index is 12.4. The van der Waals surface area contributed by atoms with Crippen LogP contribution in [0.5, 0.6) is 5.75 Å². The highest BCUT2D eigenvalue weighted by Crippen LogP contribution is 2.31. The number of hydrogen-bond acceptors (Lipinski definition) is 6. The number of aryl methyl sites for hydroxylation is 1. The molecule has 4 rings (SSSR count). The van der Waals surface area contributed by atoms with E-state index in [4.69, 9.17) is 4.74 Å². The molecule has 110 valence electrons. The molecule has 2 heterocycles. The number of para-hydroxylation sites is 1. The van der Waals surface area contributed by atoms with Crippen LogP contribution in [0.25, 0.3) is 11.3 Å². The number of carbonyl (C=O) groups excluding carboxylic acids is 1. The van der Waals surface area contributed by atoms with Crippen LogP contribution < -0.4 is 4.74 Å². The molecule has 1 unspecified atom stereocenters. The number of nitrogens with zero attached hydrogens (tertiary/aromatic N) is 3. The molecule has 0 aliphatic heterocycles. The van der Waals surface area contributed by atoms with Crippen LogP contribution >= 0.6 is 0 Å². The third-order valence-corrected chi connectivity index (χ3v) is 3.67. The van der Waals surface area contributed by atoms with Crippen LogP contribution in [0.2, 0.25) is 0 Å². The van der Waals surface area contributed by atoms with E-state index in [0.29, 0.717) is 24.3 Å². The highest BCUT2D eigenvalue weighted by Gasteiger charge is 2.33. The van der Waals surface area contributed by atoms with E-state index in [1.807, 2.05) is 24.3 Å². The van der Waals surface area contributed by atoms with E-state index in [1.165, 1.54) is 0 Å². The number of Topliss-reactive ketones (excluding diaryl/α,β-unsaturated/α-hetero) is 1. The van der Waals surface area contributed by atoms with E-state index >= 15 is 0 Å². The summed E-state index contributed by atoms with van der Waals surface area (Å²) in [6.07, 6.45) is 3.90. The number of ketones is 1. The highest BCUT2D eigenvalue weighted by atomic mass is 16.6. The van der Waals surface area contributed by atoms with Gasteiger partial charge in [0.05, 0.1) is 18.2 Å². The van der Waals surface area contributed by atoms with Crippen LogP contribution in [-0.2, 0) is 6.42 Å². The lowest BCUT2D eigenvalue weighted by Crippen LogP contribution is -2.33. The minimum Gasteiger partial charge on any atom is -0.481 e. The third-order valence-electron chi connectivity index (χ3n) is 3.67. The molecule has 0 saturated carbocycles. The number of carbonyl (C=O) groups is 1. The summed E-state index contributed by atoms with van der Waals surface area (Å²) in [5.41, 5.74) is 2.57. The zero-order valence-corrected chi connectivity index (χ0v) is 11.5. The first-order valence-corrected chi connectivity index (χ1v) is 6.93. The summed E-state index contributed by atoms with van der Waals surface area (Å²) in [6, 6.07) is 7.52. The van der Waals surface area contributed by atoms with Crippen molar-refractivity contribution >= 4 is 5.78 Å². The molecule has 2 aromatic heterocycles. The van der Waals surface area contributed by atoms with Crippen molar-refractivity contribution < 1.29 is 14.2 Å². The molecular weight excluding hydrogens is 284 g/mol. The number of fused-ring (bicyclic) bond motifs is 1. The Bertz CT molecular complexity index is 810. The number of rotatable bonds is 3. The van der Waals surface area contributed by atoms with Gasteiger partial charge in [-0.25, -0.2) is 9.61 Å². The third kappa shape index (κ3) is 2.07. The quantitative estimate of drug-likeness (QED) is 0.794. The maximum Gasteiger partial charge on any atom is 0.227 e. The predicted octanol–water partition coefficient (Wildman–Crippen LogP) is 2.04. The second-order valence-corrected chi connectivity index (χ2v) is 5.03. The van der Waals surface area contributed by atoms with Gasteiger partial charge in [-0.05, 0) is 30.1 Å². The maximum absolute atomic E-state index is 12.4. The Hall–Kier alpha value is -2.96. The molecule has 1 aliphatic carbocycles. The molecule has 22 heavy (non-hydrogen) atoms. The van der Waals surface area contributed by atoms with E-state index in [9.17, 15) is 4.79 Å². The molecule has 0 bridgehead atoms. The summed E-state index contributed by atoms with van der Waals surface area (Å²) < 4.78 is 10.6. The fourth-order valence-corrected chi connectivity index (χ4v) is 2.57. The van der Waals surface area contributed by atoms with Gasteiger partial charge in [0.15, 0.2) is 11.8 Å². The molecule has 1 atom stereocenters. The summed E-state index contributed by atoms with van der Waals surface area (Å²) in [5, 5.41) is 7.40. The molecule has 0 radical (unpaired) electrons. The molecule has 0 amide bonds. The van der Waals surface area contributed by atoms with Crippen molar-refractivity contribution in [1.29, 1.82) is 0 Å². The lowest BCUT2D eigenvalue weighted by Gasteiger charge is -2.21. The van der Waals surface area contributed by atoms with Crippen molar-refractivity contribution in [2.24, 2.45) is 0 Å². The first-order chi connectivity index (χ1) is 10.8. The standard InChI is InChI=1S/C15H12N4O3/c20-15-13(6-5-10-14(15)19-22-18-10)21-12-4-2-1-3-9(12)11-7-16-8-17-11/h1-4,7-8,13H,5-6H2,(H,16,17). The van der Waals surface area contributed by atoms with Gasteiger partial charge in [0.25, 0.3) is 0 Å². The van der Waals surface area contributed by atoms with Gasteiger partial charge in [0, 0.05) is 5.56 Å². The van der Waals surface area contributed by atoms with E-state index in [0.717, 1.165) is 11.3 Å². The van der Waals surface area contributed by atoms with Crippen LogP contribution in [0.1, 0.15) is 22.6 Å². The fraction of sp³-hybridized carbons (Fsp3) is 0.200. The molecule has 1 N–H and O–H groups in total. The van der Waals surface area contributed by atoms with Crippen LogP contribution in [0.4, 0.5) is 0 Å². The van der Waals surface area contributed by atoms with Gasteiger partial charge in [0.1, 0.15) is 11.4 Å². The normalized spacial score (nSPS) is 17.3. The number of aromatic amines is 1. The number of hydrogen-bond donors (Lipinski definition) is 1. The van der Waals surface area contributed by atoms with Crippen molar-refractivity contribution in [3.05, 3.63) is 48.2 Å². The number of aromatic nitrogens is 4. The average molecular weight is 296 g/mol. The van der Waals surface area contributed by atoms with Gasteiger partial charge in [0.2, 0.25) is 5.78 Å². The second kappa shape index (κ2) is 5.10. The largest absolute Gasteiger partial charge is 0.481 e. The summed E-state index contributed by atoms with van der Waals surface area (Å²) in [5.74, 6) is 0.437. The molecule has 0 fully saturated rings. The molecule has 1 aromatic carbocycles. The summed E-state index contributed by atoms with van der Waals surface area (Å²) in [4.78, 5) is 19.4. The topological polar surface area (TPSA) is 93.9 Å². The Kier molecular flexibility index (Phi) is 2.96. The molecule has 7 heteroatoms. The number of benzene rings is 1. The average Bonchev–Trinajstić information content (AvgIpc) is 3.22. The van der Waals surface area contributed by atoms with Crippen LogP contribution in [-0.4, -0.2) is 32.2 Å². The Balaban J connectivity index is 1.64. The molecule has 7 nitrogen and oxygen atoms in total. The second-order valence-electron chi connectivity index (χ2n) is 5.03. The zero-order valence-electron chi connectivity index (χ0n) is 11.5. The lowest BCUT2D eigenvalue weighted by atomic mass is 9.97. The van der Waals surface area contributed by atoms with Gasteiger partial charge in [-0.3, -0.25) is 4.79 Å². The van der Waals surface area contributed by atoms with Crippen molar-refractivity contribution in [2.45, 2.75) is 18.9 Å². The Morgan fingerprint density at radius 3 is 3.05 bits per heavy atom. The Labute approximate surface area is 125 Å². The molecule has 0 spiro atoms. The van der Waals surface area contributed by atoms with Gasteiger partial charge in [-0.2, -0.15) is 0 Å². The van der Waals surface area contributed by atoms with E-state index < -0.39 is 6.10 Å². The first kappa shape index (κ1) is 12.8. The number of nitrogens with one attached hydrogen (secondary N) is 1. The number of H-pyrrole nitrogens is 1. The van der Waals surface area contributed by atoms with Crippen LogP contribution in [0.15, 0.2) is 41.4 Å². The molecule has 1 aliphatic rings. The van der Waals surface area contributed by atoms with Crippen molar-refractivity contribution in [1.82, 2.24) is 20.3 Å². The van der Waals surface area contributed by atoms with Crippen LogP contribution in [0, 0.1) is 0 Å². The predicted molar refractivity (Wildman–Crippen MR) is 75.4 cm³/mol. The van der Waals surface area contributed by atoms with E-state index in [-0.39, 0.29) is 11.5 Å². The smallest absolute Gasteiger partial charge is 0.227 e. The molecule has 3 aromatic rings. The fourth-order valence-electron chi connectivity index (χ4n) is 2.57. The van der Waals surface area contributed by atoms with Gasteiger partial charge >= 0.3 is 0 Å². The molecular formula is C15H12N4O3. The molecule has 0 saturated heterocycles. The minimum absolute atomic E-state index is 0.193. The van der Waals surface area contributed by atoms with Gasteiger partial charge < -0.3 is 9.72 Å². The summed E-state index contributed by atoms with van der Waals surface area (Å²) >= 11 is 0. The first-order valence-electron chi connectivity index (χ1n) is 6.93. The van der Waals surface area contributed by atoms with Crippen molar-refractivity contribution in [2.75, 3.05) is 0 Å².